The second-order valence-corrected chi connectivity index (χ2v) is 7.91. The van der Waals surface area contributed by atoms with E-state index in [1.165, 1.54) is 0 Å². The van der Waals surface area contributed by atoms with Gasteiger partial charge in [-0.3, -0.25) is 14.6 Å². The van der Waals surface area contributed by atoms with Crippen LogP contribution >= 0.6 is 0 Å². The van der Waals surface area contributed by atoms with E-state index in [0.29, 0.717) is 32.5 Å². The van der Waals surface area contributed by atoms with Crippen molar-refractivity contribution in [2.75, 3.05) is 19.6 Å². The van der Waals surface area contributed by atoms with E-state index < -0.39 is 6.04 Å². The van der Waals surface area contributed by atoms with Gasteiger partial charge in [0.25, 0.3) is 0 Å². The molecule has 5 heteroatoms. The van der Waals surface area contributed by atoms with Gasteiger partial charge in [-0.25, -0.2) is 0 Å². The molecule has 1 aliphatic rings. The Morgan fingerprint density at radius 2 is 1.79 bits per heavy atom. The van der Waals surface area contributed by atoms with Crippen LogP contribution in [0.15, 0.2) is 61.4 Å². The third-order valence-electron chi connectivity index (χ3n) is 5.23. The molecule has 1 saturated heterocycles. The van der Waals surface area contributed by atoms with E-state index in [4.69, 9.17) is 0 Å². The Bertz CT molecular complexity index is 846. The molecule has 1 fully saturated rings. The van der Waals surface area contributed by atoms with E-state index in [9.17, 15) is 9.59 Å². The predicted octanol–water partition coefficient (Wildman–Crippen LogP) is 3.56. The first-order chi connectivity index (χ1) is 14.0. The number of amides is 2. The number of rotatable bonds is 7. The quantitative estimate of drug-likeness (QED) is 0.678. The summed E-state index contributed by atoms with van der Waals surface area (Å²) in [5, 5.41) is 0. The van der Waals surface area contributed by atoms with Gasteiger partial charge in [0.15, 0.2) is 0 Å². The van der Waals surface area contributed by atoms with Crippen LogP contribution in [0.25, 0.3) is 11.1 Å². The zero-order valence-electron chi connectivity index (χ0n) is 17.3. The Labute approximate surface area is 173 Å². The number of piperazine rings is 1. The predicted molar refractivity (Wildman–Crippen MR) is 115 cm³/mol. The summed E-state index contributed by atoms with van der Waals surface area (Å²) in [5.41, 5.74) is 3.25. The highest BCUT2D eigenvalue weighted by Gasteiger charge is 2.36. The summed E-state index contributed by atoms with van der Waals surface area (Å²) >= 11 is 0. The number of nitrogens with zero attached hydrogens (tertiary/aromatic N) is 3. The maximum Gasteiger partial charge on any atom is 0.246 e. The minimum atomic E-state index is -0.457. The average Bonchev–Trinajstić information content (AvgIpc) is 2.72. The zero-order chi connectivity index (χ0) is 20.8. The summed E-state index contributed by atoms with van der Waals surface area (Å²) in [6, 6.07) is 11.7. The van der Waals surface area contributed by atoms with Gasteiger partial charge in [0.1, 0.15) is 6.04 Å². The molecule has 2 aromatic rings. The lowest BCUT2D eigenvalue weighted by Crippen LogP contribution is -2.59. The zero-order valence-corrected chi connectivity index (χ0v) is 17.3. The molecule has 0 bridgehead atoms. The molecule has 0 aliphatic carbocycles. The maximum atomic E-state index is 13.1. The summed E-state index contributed by atoms with van der Waals surface area (Å²) in [7, 11) is 0. The van der Waals surface area contributed by atoms with Crippen molar-refractivity contribution in [3.05, 3.63) is 67.0 Å². The van der Waals surface area contributed by atoms with Crippen LogP contribution in [0.1, 0.15) is 25.8 Å². The van der Waals surface area contributed by atoms with Crippen LogP contribution in [0.3, 0.4) is 0 Å². The molecule has 1 aliphatic heterocycles. The van der Waals surface area contributed by atoms with Gasteiger partial charge in [-0.2, -0.15) is 0 Å². The van der Waals surface area contributed by atoms with Crippen LogP contribution in [0, 0.1) is 5.92 Å². The van der Waals surface area contributed by atoms with Crippen LogP contribution in [0.4, 0.5) is 0 Å². The third kappa shape index (κ3) is 5.11. The second-order valence-electron chi connectivity index (χ2n) is 7.91. The fourth-order valence-electron chi connectivity index (χ4n) is 3.74. The molecular formula is C24H29N3O2. The monoisotopic (exact) mass is 391 g/mol. The summed E-state index contributed by atoms with van der Waals surface area (Å²) in [4.78, 5) is 33.5. The number of benzene rings is 1. The molecule has 3 rings (SSSR count). The molecule has 0 spiro atoms. The van der Waals surface area contributed by atoms with Gasteiger partial charge in [-0.05, 0) is 34.7 Å². The van der Waals surface area contributed by atoms with E-state index >= 15 is 0 Å². The second kappa shape index (κ2) is 9.50. The van der Waals surface area contributed by atoms with Crippen LogP contribution < -0.4 is 0 Å². The summed E-state index contributed by atoms with van der Waals surface area (Å²) in [6.07, 6.45) is 6.27. The Morgan fingerprint density at radius 3 is 2.41 bits per heavy atom. The van der Waals surface area contributed by atoms with Gasteiger partial charge in [0.2, 0.25) is 11.8 Å². The van der Waals surface area contributed by atoms with Gasteiger partial charge in [-0.15, -0.1) is 6.58 Å². The lowest BCUT2D eigenvalue weighted by molar-refractivity contribution is -0.151. The lowest BCUT2D eigenvalue weighted by atomic mass is 9.97. The molecule has 0 unspecified atom stereocenters. The lowest BCUT2D eigenvalue weighted by Gasteiger charge is -2.40. The highest BCUT2D eigenvalue weighted by molar-refractivity contribution is 5.89. The first kappa shape index (κ1) is 20.8. The number of pyridine rings is 1. The van der Waals surface area contributed by atoms with Crippen molar-refractivity contribution in [2.24, 2.45) is 5.92 Å². The van der Waals surface area contributed by atoms with Crippen molar-refractivity contribution in [3.8, 4) is 11.1 Å². The van der Waals surface area contributed by atoms with Crippen LogP contribution in [0.2, 0.25) is 0 Å². The highest BCUT2D eigenvalue weighted by atomic mass is 16.2. The number of carbonyl (C=O) groups is 2. The molecule has 1 aromatic heterocycles. The summed E-state index contributed by atoms with van der Waals surface area (Å²) in [6.45, 7) is 9.46. The van der Waals surface area contributed by atoms with Gasteiger partial charge in [0, 0.05) is 44.9 Å². The fraction of sp³-hybridized carbons (Fsp3) is 0.375. The molecule has 1 aromatic carbocycles. The van der Waals surface area contributed by atoms with Crippen molar-refractivity contribution in [2.45, 2.75) is 32.7 Å². The molecule has 0 radical (unpaired) electrons. The van der Waals surface area contributed by atoms with E-state index in [1.807, 2.05) is 38.1 Å². The van der Waals surface area contributed by atoms with Gasteiger partial charge in [-0.1, -0.05) is 44.2 Å². The minimum Gasteiger partial charge on any atom is -0.335 e. The van der Waals surface area contributed by atoms with Crippen LogP contribution in [-0.2, 0) is 16.0 Å². The topological polar surface area (TPSA) is 53.5 Å². The number of hydrogen-bond acceptors (Lipinski definition) is 3. The summed E-state index contributed by atoms with van der Waals surface area (Å²) in [5.74, 6) is 0.334. The van der Waals surface area contributed by atoms with E-state index in [1.54, 1.807) is 28.3 Å². The molecule has 0 saturated carbocycles. The SMILES string of the molecule is C=CCN1CCN(C(=O)CC(C)C)[C@H](Cc2ccc(-c3ccncc3)cc2)C1=O. The maximum absolute atomic E-state index is 13.1. The largest absolute Gasteiger partial charge is 0.335 e. The summed E-state index contributed by atoms with van der Waals surface area (Å²) < 4.78 is 0. The number of hydrogen-bond donors (Lipinski definition) is 0. The highest BCUT2D eigenvalue weighted by Crippen LogP contribution is 2.22. The van der Waals surface area contributed by atoms with E-state index in [-0.39, 0.29) is 17.7 Å². The van der Waals surface area contributed by atoms with Crippen molar-refractivity contribution in [1.29, 1.82) is 0 Å². The first-order valence-corrected chi connectivity index (χ1v) is 10.2. The smallest absolute Gasteiger partial charge is 0.246 e. The minimum absolute atomic E-state index is 0.00599. The van der Waals surface area contributed by atoms with Crippen molar-refractivity contribution in [1.82, 2.24) is 14.8 Å². The number of aromatic nitrogens is 1. The number of carbonyl (C=O) groups excluding carboxylic acids is 2. The molecule has 152 valence electrons. The molecule has 5 nitrogen and oxygen atoms in total. The van der Waals surface area contributed by atoms with Crippen LogP contribution in [0.5, 0.6) is 0 Å². The molecule has 0 N–H and O–H groups in total. The van der Waals surface area contributed by atoms with Gasteiger partial charge >= 0.3 is 0 Å². The van der Waals surface area contributed by atoms with Crippen molar-refractivity contribution in [3.63, 3.8) is 0 Å². The third-order valence-corrected chi connectivity index (χ3v) is 5.23. The molecule has 2 amide bonds. The van der Waals surface area contributed by atoms with E-state index in [2.05, 4.69) is 23.7 Å². The van der Waals surface area contributed by atoms with Gasteiger partial charge < -0.3 is 9.80 Å². The first-order valence-electron chi connectivity index (χ1n) is 10.2. The molecule has 29 heavy (non-hydrogen) atoms. The molecule has 2 heterocycles. The fourth-order valence-corrected chi connectivity index (χ4v) is 3.74. The molecule has 1 atom stereocenters. The van der Waals surface area contributed by atoms with Gasteiger partial charge in [0.05, 0.1) is 0 Å². The Balaban J connectivity index is 1.80. The average molecular weight is 392 g/mol. The Morgan fingerprint density at radius 1 is 1.14 bits per heavy atom. The standard InChI is InChI=1S/C24H29N3O2/c1-4-13-26-14-15-27(23(28)16-18(2)3)22(24(26)29)17-19-5-7-20(8-6-19)21-9-11-25-12-10-21/h4-12,18,22H,1,13-17H2,2-3H3/t22-/m1/s1. The van der Waals surface area contributed by atoms with Crippen molar-refractivity contribution < 1.29 is 9.59 Å². The van der Waals surface area contributed by atoms with Crippen LogP contribution in [-0.4, -0.2) is 52.3 Å². The molecular weight excluding hydrogens is 362 g/mol. The Hall–Kier alpha value is -2.95. The Kier molecular flexibility index (Phi) is 6.81. The normalized spacial score (nSPS) is 16.9. The van der Waals surface area contributed by atoms with Crippen molar-refractivity contribution >= 4 is 11.8 Å². The van der Waals surface area contributed by atoms with E-state index in [0.717, 1.165) is 16.7 Å².